The summed E-state index contributed by atoms with van der Waals surface area (Å²) in [5, 5.41) is 0. The van der Waals surface area contributed by atoms with Crippen molar-refractivity contribution in [3.63, 3.8) is 0 Å². The van der Waals surface area contributed by atoms with Crippen molar-refractivity contribution < 1.29 is 13.6 Å². The highest BCUT2D eigenvalue weighted by molar-refractivity contribution is 5.94. The number of amides is 1. The van der Waals surface area contributed by atoms with Crippen LogP contribution in [0.5, 0.6) is 0 Å². The van der Waals surface area contributed by atoms with Gasteiger partial charge in [0.2, 0.25) is 5.95 Å². The molecule has 0 N–H and O–H groups in total. The SMILES string of the molecule is CN(C)C1CCN(C(=O)c2ccnc(F)c2F)CC1. The molecule has 104 valence electrons. The van der Waals surface area contributed by atoms with Crippen molar-refractivity contribution in [2.24, 2.45) is 0 Å². The Morgan fingerprint density at radius 2 is 2.00 bits per heavy atom. The molecule has 19 heavy (non-hydrogen) atoms. The molecule has 0 spiro atoms. The van der Waals surface area contributed by atoms with Gasteiger partial charge in [0.05, 0.1) is 5.56 Å². The molecule has 2 rings (SSSR count). The highest BCUT2D eigenvalue weighted by atomic mass is 19.2. The Balaban J connectivity index is 2.07. The first-order valence-electron chi connectivity index (χ1n) is 6.26. The summed E-state index contributed by atoms with van der Waals surface area (Å²) in [5.41, 5.74) is -0.240. The van der Waals surface area contributed by atoms with Crippen LogP contribution in [-0.4, -0.2) is 53.9 Å². The Kier molecular flexibility index (Phi) is 4.09. The normalized spacial score (nSPS) is 17.0. The summed E-state index contributed by atoms with van der Waals surface area (Å²) in [7, 11) is 4.00. The van der Waals surface area contributed by atoms with E-state index in [-0.39, 0.29) is 5.56 Å². The maximum atomic E-state index is 13.5. The maximum absolute atomic E-state index is 13.5. The van der Waals surface area contributed by atoms with E-state index in [1.54, 1.807) is 4.90 Å². The molecule has 1 saturated heterocycles. The van der Waals surface area contributed by atoms with E-state index >= 15 is 0 Å². The molecule has 1 aromatic heterocycles. The molecule has 0 aromatic carbocycles. The fourth-order valence-electron chi connectivity index (χ4n) is 2.34. The zero-order valence-electron chi connectivity index (χ0n) is 11.1. The summed E-state index contributed by atoms with van der Waals surface area (Å²) in [6.45, 7) is 1.12. The third-order valence-electron chi connectivity index (χ3n) is 3.56. The molecule has 0 aliphatic carbocycles. The lowest BCUT2D eigenvalue weighted by Crippen LogP contribution is -2.44. The highest BCUT2D eigenvalue weighted by Crippen LogP contribution is 2.18. The van der Waals surface area contributed by atoms with Crippen LogP contribution in [0.4, 0.5) is 8.78 Å². The van der Waals surface area contributed by atoms with Crippen LogP contribution in [0.25, 0.3) is 0 Å². The van der Waals surface area contributed by atoms with Crippen LogP contribution in [0.15, 0.2) is 12.3 Å². The van der Waals surface area contributed by atoms with Gasteiger partial charge >= 0.3 is 0 Å². The summed E-state index contributed by atoms with van der Waals surface area (Å²) in [6.07, 6.45) is 2.79. The second-order valence-electron chi connectivity index (χ2n) is 4.95. The first kappa shape index (κ1) is 13.9. The molecular weight excluding hydrogens is 252 g/mol. The Morgan fingerprint density at radius 1 is 1.37 bits per heavy atom. The summed E-state index contributed by atoms with van der Waals surface area (Å²) in [5.74, 6) is -2.85. The molecule has 6 heteroatoms. The lowest BCUT2D eigenvalue weighted by Gasteiger charge is -2.35. The van der Waals surface area contributed by atoms with Crippen molar-refractivity contribution in [3.05, 3.63) is 29.6 Å². The van der Waals surface area contributed by atoms with Gasteiger partial charge in [-0.2, -0.15) is 4.39 Å². The third kappa shape index (κ3) is 2.89. The quantitative estimate of drug-likeness (QED) is 0.764. The lowest BCUT2D eigenvalue weighted by molar-refractivity contribution is 0.0657. The molecule has 1 aromatic rings. The van der Waals surface area contributed by atoms with E-state index in [1.807, 2.05) is 14.1 Å². The number of pyridine rings is 1. The van der Waals surface area contributed by atoms with Crippen molar-refractivity contribution in [3.8, 4) is 0 Å². The van der Waals surface area contributed by atoms with Crippen molar-refractivity contribution in [2.45, 2.75) is 18.9 Å². The van der Waals surface area contributed by atoms with E-state index in [9.17, 15) is 13.6 Å². The number of rotatable bonds is 2. The molecule has 1 aliphatic rings. The van der Waals surface area contributed by atoms with E-state index in [2.05, 4.69) is 9.88 Å². The van der Waals surface area contributed by atoms with Crippen LogP contribution >= 0.6 is 0 Å². The Hall–Kier alpha value is -1.56. The van der Waals surface area contributed by atoms with E-state index < -0.39 is 17.7 Å². The number of hydrogen-bond donors (Lipinski definition) is 0. The molecule has 1 aliphatic heterocycles. The predicted molar refractivity (Wildman–Crippen MR) is 66.8 cm³/mol. The molecule has 0 atom stereocenters. The summed E-state index contributed by atoms with van der Waals surface area (Å²) >= 11 is 0. The fraction of sp³-hybridized carbons (Fsp3) is 0.538. The molecule has 1 fully saturated rings. The molecule has 1 amide bonds. The van der Waals surface area contributed by atoms with Gasteiger partial charge < -0.3 is 9.80 Å². The Bertz CT molecular complexity index is 471. The molecule has 2 heterocycles. The van der Waals surface area contributed by atoms with Crippen LogP contribution in [0.1, 0.15) is 23.2 Å². The average molecular weight is 269 g/mol. The molecule has 0 saturated carbocycles. The Morgan fingerprint density at radius 3 is 2.58 bits per heavy atom. The largest absolute Gasteiger partial charge is 0.338 e. The maximum Gasteiger partial charge on any atom is 0.257 e. The first-order valence-corrected chi connectivity index (χ1v) is 6.26. The van der Waals surface area contributed by atoms with Gasteiger partial charge in [-0.15, -0.1) is 0 Å². The lowest BCUT2D eigenvalue weighted by atomic mass is 10.0. The third-order valence-corrected chi connectivity index (χ3v) is 3.56. The molecule has 0 bridgehead atoms. The number of carbonyl (C=O) groups is 1. The number of aromatic nitrogens is 1. The number of hydrogen-bond acceptors (Lipinski definition) is 3. The van der Waals surface area contributed by atoms with Crippen LogP contribution < -0.4 is 0 Å². The number of piperidine rings is 1. The first-order chi connectivity index (χ1) is 9.00. The van der Waals surface area contributed by atoms with Gasteiger partial charge in [0.25, 0.3) is 5.91 Å². The summed E-state index contributed by atoms with van der Waals surface area (Å²) in [4.78, 5) is 19.0. The van der Waals surface area contributed by atoms with Crippen LogP contribution in [-0.2, 0) is 0 Å². The minimum atomic E-state index is -1.23. The van der Waals surface area contributed by atoms with Crippen LogP contribution in [0, 0.1) is 11.8 Å². The van der Waals surface area contributed by atoms with Gasteiger partial charge in [-0.25, -0.2) is 9.37 Å². The molecule has 0 radical (unpaired) electrons. The van der Waals surface area contributed by atoms with Gasteiger partial charge in [-0.3, -0.25) is 4.79 Å². The van der Waals surface area contributed by atoms with Crippen molar-refractivity contribution in [2.75, 3.05) is 27.2 Å². The minimum absolute atomic E-state index is 0.240. The average Bonchev–Trinajstić information content (AvgIpc) is 2.41. The van der Waals surface area contributed by atoms with Crippen LogP contribution in [0.3, 0.4) is 0 Å². The topological polar surface area (TPSA) is 36.4 Å². The molecular formula is C13H17F2N3O. The second kappa shape index (κ2) is 5.61. The summed E-state index contributed by atoms with van der Waals surface area (Å²) < 4.78 is 26.5. The standard InChI is InChI=1S/C13H17F2N3O/c1-17(2)9-4-7-18(8-5-9)13(19)10-3-6-16-12(15)11(10)14/h3,6,9H,4-5,7-8H2,1-2H3. The smallest absolute Gasteiger partial charge is 0.257 e. The fourth-order valence-corrected chi connectivity index (χ4v) is 2.34. The van der Waals surface area contributed by atoms with Gasteiger partial charge in [0, 0.05) is 25.3 Å². The summed E-state index contributed by atoms with van der Waals surface area (Å²) in [6, 6.07) is 1.65. The monoisotopic (exact) mass is 269 g/mol. The predicted octanol–water partition coefficient (Wildman–Crippen LogP) is 1.53. The number of nitrogens with zero attached hydrogens (tertiary/aromatic N) is 3. The Labute approximate surface area is 111 Å². The minimum Gasteiger partial charge on any atom is -0.338 e. The number of carbonyl (C=O) groups excluding carboxylic acids is 1. The molecule has 4 nitrogen and oxygen atoms in total. The van der Waals surface area contributed by atoms with Gasteiger partial charge in [0.1, 0.15) is 0 Å². The van der Waals surface area contributed by atoms with Crippen LogP contribution in [0.2, 0.25) is 0 Å². The highest BCUT2D eigenvalue weighted by Gasteiger charge is 2.27. The van der Waals surface area contributed by atoms with Gasteiger partial charge in [-0.1, -0.05) is 0 Å². The van der Waals surface area contributed by atoms with Gasteiger partial charge in [-0.05, 0) is 33.0 Å². The van der Waals surface area contributed by atoms with E-state index in [0.717, 1.165) is 19.0 Å². The zero-order chi connectivity index (χ0) is 14.0. The zero-order valence-corrected chi connectivity index (χ0v) is 11.1. The van der Waals surface area contributed by atoms with Crippen molar-refractivity contribution >= 4 is 5.91 Å². The van der Waals surface area contributed by atoms with Crippen molar-refractivity contribution in [1.29, 1.82) is 0 Å². The van der Waals surface area contributed by atoms with Crippen molar-refractivity contribution in [1.82, 2.24) is 14.8 Å². The van der Waals surface area contributed by atoms with Gasteiger partial charge in [0.15, 0.2) is 5.82 Å². The second-order valence-corrected chi connectivity index (χ2v) is 4.95. The number of halogens is 2. The van der Waals surface area contributed by atoms with E-state index in [1.165, 1.54) is 6.07 Å². The molecule has 0 unspecified atom stereocenters. The number of likely N-dealkylation sites (tertiary alicyclic amines) is 1. The van der Waals surface area contributed by atoms with E-state index in [4.69, 9.17) is 0 Å². The van der Waals surface area contributed by atoms with E-state index in [0.29, 0.717) is 19.1 Å².